The summed E-state index contributed by atoms with van der Waals surface area (Å²) >= 11 is 0. The smallest absolute Gasteiger partial charge is 0.319 e. The van der Waals surface area contributed by atoms with Crippen LogP contribution in [0.4, 0.5) is 0 Å². The number of rotatable bonds is 5. The summed E-state index contributed by atoms with van der Waals surface area (Å²) in [5.41, 5.74) is 0. The van der Waals surface area contributed by atoms with Crippen LogP contribution < -0.4 is 5.32 Å². The van der Waals surface area contributed by atoms with Crippen molar-refractivity contribution >= 4 is 5.97 Å². The van der Waals surface area contributed by atoms with Gasteiger partial charge in [0.25, 0.3) is 0 Å². The third-order valence-corrected chi connectivity index (χ3v) is 2.35. The molecule has 0 saturated carbocycles. The quantitative estimate of drug-likeness (QED) is 0.660. The standard InChI is InChI=1S/C10H19NO3/c1-2-14-10(12)8-11-7-9-3-5-13-6-4-9/h9,11H,2-8H2,1H3. The second-order valence-electron chi connectivity index (χ2n) is 3.49. The van der Waals surface area contributed by atoms with Crippen LogP contribution in [0.2, 0.25) is 0 Å². The van der Waals surface area contributed by atoms with Crippen LogP contribution in [-0.2, 0) is 14.3 Å². The third kappa shape index (κ3) is 4.58. The maximum atomic E-state index is 11.0. The molecule has 1 saturated heterocycles. The lowest BCUT2D eigenvalue weighted by molar-refractivity contribution is -0.142. The Bertz CT molecular complexity index is 167. The molecule has 1 rings (SSSR count). The number of carbonyl (C=O) groups excluding carboxylic acids is 1. The van der Waals surface area contributed by atoms with Crippen molar-refractivity contribution < 1.29 is 14.3 Å². The van der Waals surface area contributed by atoms with Crippen LogP contribution >= 0.6 is 0 Å². The highest BCUT2D eigenvalue weighted by atomic mass is 16.5. The molecule has 4 heteroatoms. The number of ether oxygens (including phenoxy) is 2. The molecule has 0 aliphatic carbocycles. The number of hydrogen-bond donors (Lipinski definition) is 1. The minimum atomic E-state index is -0.167. The molecule has 0 aromatic heterocycles. The zero-order chi connectivity index (χ0) is 10.2. The number of esters is 1. The van der Waals surface area contributed by atoms with Crippen molar-refractivity contribution in [1.82, 2.24) is 5.32 Å². The van der Waals surface area contributed by atoms with Gasteiger partial charge in [0, 0.05) is 13.2 Å². The molecule has 0 aromatic carbocycles. The predicted molar refractivity (Wildman–Crippen MR) is 53.0 cm³/mol. The maximum absolute atomic E-state index is 11.0. The highest BCUT2D eigenvalue weighted by molar-refractivity contribution is 5.71. The Morgan fingerprint density at radius 2 is 2.21 bits per heavy atom. The first-order chi connectivity index (χ1) is 6.83. The van der Waals surface area contributed by atoms with Gasteiger partial charge < -0.3 is 14.8 Å². The van der Waals surface area contributed by atoms with Crippen molar-refractivity contribution in [2.24, 2.45) is 5.92 Å². The van der Waals surface area contributed by atoms with E-state index in [0.29, 0.717) is 19.1 Å². The van der Waals surface area contributed by atoms with Gasteiger partial charge in [0.05, 0.1) is 13.2 Å². The SMILES string of the molecule is CCOC(=O)CNCC1CCOCC1. The maximum Gasteiger partial charge on any atom is 0.319 e. The predicted octanol–water partition coefficient (Wildman–Crippen LogP) is 0.566. The van der Waals surface area contributed by atoms with Crippen molar-refractivity contribution in [3.8, 4) is 0 Å². The van der Waals surface area contributed by atoms with Crippen molar-refractivity contribution in [1.29, 1.82) is 0 Å². The van der Waals surface area contributed by atoms with Crippen molar-refractivity contribution in [3.63, 3.8) is 0 Å². The first-order valence-electron chi connectivity index (χ1n) is 5.27. The summed E-state index contributed by atoms with van der Waals surface area (Å²) in [7, 11) is 0. The van der Waals surface area contributed by atoms with E-state index >= 15 is 0 Å². The van der Waals surface area contributed by atoms with Gasteiger partial charge in [-0.2, -0.15) is 0 Å². The molecule has 1 aliphatic rings. The second kappa shape index (κ2) is 6.79. The van der Waals surface area contributed by atoms with E-state index in [4.69, 9.17) is 9.47 Å². The van der Waals surface area contributed by atoms with Gasteiger partial charge in [-0.05, 0) is 32.2 Å². The molecule has 0 atom stereocenters. The summed E-state index contributed by atoms with van der Waals surface area (Å²) in [6.07, 6.45) is 2.19. The van der Waals surface area contributed by atoms with E-state index < -0.39 is 0 Å². The molecular formula is C10H19NO3. The summed E-state index contributed by atoms with van der Waals surface area (Å²) in [4.78, 5) is 11.0. The lowest BCUT2D eigenvalue weighted by Crippen LogP contribution is -2.32. The van der Waals surface area contributed by atoms with Crippen LogP contribution in [-0.4, -0.2) is 38.9 Å². The minimum absolute atomic E-state index is 0.167. The fraction of sp³-hybridized carbons (Fsp3) is 0.900. The van der Waals surface area contributed by atoms with Gasteiger partial charge in [-0.3, -0.25) is 4.79 Å². The van der Waals surface area contributed by atoms with Crippen molar-refractivity contribution in [3.05, 3.63) is 0 Å². The number of nitrogens with one attached hydrogen (secondary N) is 1. The Balaban J connectivity index is 1.99. The van der Waals surface area contributed by atoms with Gasteiger partial charge in [0.15, 0.2) is 0 Å². The molecule has 0 amide bonds. The zero-order valence-corrected chi connectivity index (χ0v) is 8.75. The fourth-order valence-electron chi connectivity index (χ4n) is 1.54. The van der Waals surface area contributed by atoms with Crippen LogP contribution in [0.25, 0.3) is 0 Å². The molecule has 4 nitrogen and oxygen atoms in total. The summed E-state index contributed by atoms with van der Waals surface area (Å²) in [6.45, 7) is 5.19. The number of carbonyl (C=O) groups is 1. The molecule has 0 unspecified atom stereocenters. The van der Waals surface area contributed by atoms with Crippen LogP contribution in [0.3, 0.4) is 0 Å². The molecule has 1 N–H and O–H groups in total. The summed E-state index contributed by atoms with van der Waals surface area (Å²) in [5.74, 6) is 0.484. The first-order valence-corrected chi connectivity index (χ1v) is 5.27. The van der Waals surface area contributed by atoms with E-state index in [-0.39, 0.29) is 5.97 Å². The average Bonchev–Trinajstić information content (AvgIpc) is 2.20. The minimum Gasteiger partial charge on any atom is -0.465 e. The summed E-state index contributed by atoms with van der Waals surface area (Å²) in [6, 6.07) is 0. The average molecular weight is 201 g/mol. The first kappa shape index (κ1) is 11.5. The molecule has 14 heavy (non-hydrogen) atoms. The molecule has 82 valence electrons. The lowest BCUT2D eigenvalue weighted by Gasteiger charge is -2.21. The summed E-state index contributed by atoms with van der Waals surface area (Å²) in [5, 5.41) is 3.11. The van der Waals surface area contributed by atoms with E-state index in [1.165, 1.54) is 0 Å². The van der Waals surface area contributed by atoms with Gasteiger partial charge in [0.1, 0.15) is 0 Å². The van der Waals surface area contributed by atoms with Gasteiger partial charge >= 0.3 is 5.97 Å². The Labute approximate surface area is 85.0 Å². The Hall–Kier alpha value is -0.610. The molecule has 1 fully saturated rings. The van der Waals surface area contributed by atoms with Crippen LogP contribution in [0.1, 0.15) is 19.8 Å². The zero-order valence-electron chi connectivity index (χ0n) is 8.75. The molecule has 0 aromatic rings. The molecule has 0 radical (unpaired) electrons. The monoisotopic (exact) mass is 201 g/mol. The highest BCUT2D eigenvalue weighted by Crippen LogP contribution is 2.12. The Kier molecular flexibility index (Phi) is 5.56. The molecule has 0 bridgehead atoms. The van der Waals surface area contributed by atoms with Gasteiger partial charge in [-0.1, -0.05) is 0 Å². The third-order valence-electron chi connectivity index (χ3n) is 2.35. The Morgan fingerprint density at radius 3 is 2.86 bits per heavy atom. The van der Waals surface area contributed by atoms with E-state index in [2.05, 4.69) is 5.32 Å². The summed E-state index contributed by atoms with van der Waals surface area (Å²) < 4.78 is 10.1. The van der Waals surface area contributed by atoms with Crippen LogP contribution in [0, 0.1) is 5.92 Å². The van der Waals surface area contributed by atoms with E-state index in [1.54, 1.807) is 0 Å². The van der Waals surface area contributed by atoms with Crippen molar-refractivity contribution in [2.75, 3.05) is 32.9 Å². The molecule has 0 spiro atoms. The molecular weight excluding hydrogens is 182 g/mol. The highest BCUT2D eigenvalue weighted by Gasteiger charge is 2.13. The largest absolute Gasteiger partial charge is 0.465 e. The van der Waals surface area contributed by atoms with Gasteiger partial charge in [-0.15, -0.1) is 0 Å². The molecule has 1 aliphatic heterocycles. The topological polar surface area (TPSA) is 47.6 Å². The van der Waals surface area contributed by atoms with Crippen LogP contribution in [0.5, 0.6) is 0 Å². The lowest BCUT2D eigenvalue weighted by atomic mass is 10.0. The second-order valence-corrected chi connectivity index (χ2v) is 3.49. The fourth-order valence-corrected chi connectivity index (χ4v) is 1.54. The van der Waals surface area contributed by atoms with Gasteiger partial charge in [-0.25, -0.2) is 0 Å². The Morgan fingerprint density at radius 1 is 1.50 bits per heavy atom. The van der Waals surface area contributed by atoms with Crippen molar-refractivity contribution in [2.45, 2.75) is 19.8 Å². The van der Waals surface area contributed by atoms with E-state index in [9.17, 15) is 4.79 Å². The molecule has 1 heterocycles. The van der Waals surface area contributed by atoms with E-state index in [1.807, 2.05) is 6.92 Å². The van der Waals surface area contributed by atoms with Crippen LogP contribution in [0.15, 0.2) is 0 Å². The van der Waals surface area contributed by atoms with Gasteiger partial charge in [0.2, 0.25) is 0 Å². The number of hydrogen-bond acceptors (Lipinski definition) is 4. The normalized spacial score (nSPS) is 18.1. The van der Waals surface area contributed by atoms with E-state index in [0.717, 1.165) is 32.6 Å².